The number of ether oxygens (including phenoxy) is 4. The van der Waals surface area contributed by atoms with Crippen LogP contribution in [0.2, 0.25) is 0 Å². The van der Waals surface area contributed by atoms with Crippen LogP contribution in [0.25, 0.3) is 10.9 Å². The van der Waals surface area contributed by atoms with Crippen molar-refractivity contribution in [1.82, 2.24) is 14.8 Å². The molecule has 6 aliphatic rings. The molecule has 1 aromatic heterocycles. The predicted molar refractivity (Wildman–Crippen MR) is 227 cm³/mol. The van der Waals surface area contributed by atoms with Crippen LogP contribution in [-0.2, 0) is 50.6 Å². The van der Waals surface area contributed by atoms with Crippen molar-refractivity contribution in [3.05, 3.63) is 81.0 Å². The maximum atomic E-state index is 15.3. The number of amides is 1. The molecule has 3 aromatic rings. The van der Waals surface area contributed by atoms with Gasteiger partial charge in [-0.3, -0.25) is 24.2 Å². The Morgan fingerprint density at radius 3 is 2.50 bits per heavy atom. The van der Waals surface area contributed by atoms with Crippen molar-refractivity contribution in [2.24, 2.45) is 11.3 Å². The lowest BCUT2D eigenvalue weighted by Gasteiger charge is -2.63. The number of nitrogens with one attached hydrogen (secondary N) is 1. The van der Waals surface area contributed by atoms with Crippen molar-refractivity contribution in [1.29, 1.82) is 0 Å². The molecule has 9 rings (SSSR count). The lowest BCUT2D eigenvalue weighted by atomic mass is 9.47. The molecule has 14 heteroatoms. The molecule has 13 nitrogen and oxygen atoms in total. The van der Waals surface area contributed by atoms with Gasteiger partial charge in [0.2, 0.25) is 12.0 Å². The fourth-order valence-electron chi connectivity index (χ4n) is 12.9. The summed E-state index contributed by atoms with van der Waals surface area (Å²) in [5.41, 5.74) is -0.554. The highest BCUT2D eigenvalue weighted by Crippen LogP contribution is 2.68. The van der Waals surface area contributed by atoms with Crippen LogP contribution in [0.3, 0.4) is 0 Å². The maximum absolute atomic E-state index is 15.3. The lowest BCUT2D eigenvalue weighted by Crippen LogP contribution is -2.81. The highest BCUT2D eigenvalue weighted by molar-refractivity contribution is 9.10. The summed E-state index contributed by atoms with van der Waals surface area (Å²) in [6.07, 6.45) is 8.28. The highest BCUT2D eigenvalue weighted by atomic mass is 79.9. The van der Waals surface area contributed by atoms with Crippen LogP contribution in [0.1, 0.15) is 68.8 Å². The molecule has 60 heavy (non-hydrogen) atoms. The molecule has 318 valence electrons. The lowest BCUT2D eigenvalue weighted by molar-refractivity contribution is -0.228. The second kappa shape index (κ2) is 14.6. The van der Waals surface area contributed by atoms with Gasteiger partial charge >= 0.3 is 17.9 Å². The van der Waals surface area contributed by atoms with Crippen LogP contribution in [-0.4, -0.2) is 122 Å². The summed E-state index contributed by atoms with van der Waals surface area (Å²) in [7, 11) is 4.15. The Kier molecular flexibility index (Phi) is 9.92. The number of carbonyl (C=O) groups is 4. The van der Waals surface area contributed by atoms with Crippen molar-refractivity contribution in [2.45, 2.75) is 87.5 Å². The quantitative estimate of drug-likeness (QED) is 0.135. The minimum Gasteiger partial charge on any atom is -0.496 e. The largest absolute Gasteiger partial charge is 0.496 e. The van der Waals surface area contributed by atoms with E-state index in [0.29, 0.717) is 67.7 Å². The fourth-order valence-corrected chi connectivity index (χ4v) is 13.3. The molecule has 1 amide bonds. The molecular formula is C46H53BrN4O9. The number of nitrogens with zero attached hydrogens (tertiary/aromatic N) is 3. The van der Waals surface area contributed by atoms with E-state index in [1.165, 1.54) is 31.6 Å². The molecule has 2 fully saturated rings. The van der Waals surface area contributed by atoms with E-state index in [9.17, 15) is 19.5 Å². The van der Waals surface area contributed by atoms with Crippen LogP contribution in [0.5, 0.6) is 5.75 Å². The van der Waals surface area contributed by atoms with Gasteiger partial charge in [0.1, 0.15) is 11.2 Å². The molecule has 1 spiro atoms. The second-order valence-corrected chi connectivity index (χ2v) is 18.5. The van der Waals surface area contributed by atoms with Crippen molar-refractivity contribution in [2.75, 3.05) is 59.0 Å². The molecule has 1 saturated carbocycles. The van der Waals surface area contributed by atoms with Crippen molar-refractivity contribution < 1.29 is 43.2 Å². The molecule has 2 unspecified atom stereocenters. The van der Waals surface area contributed by atoms with Gasteiger partial charge in [-0.15, -0.1) is 0 Å². The number of anilines is 1. The van der Waals surface area contributed by atoms with Crippen molar-refractivity contribution in [3.8, 4) is 5.75 Å². The predicted octanol–water partition coefficient (Wildman–Crippen LogP) is 5.09. The number of methoxy groups -OCH3 is 3. The standard InChI is InChI=1S/C46H53BrN4O9/c1-7-27-18-28-22-45(41(54)58-5,37-30(12-16-49(23-27)24-28)31-19-29(47)10-11-34(31)48-37)33-20-32-35(21-36(33)57-4)51(25-52)39-44(32)14-17-50-15-9-13-43(8-2,38(44)50)40(60-26(3)53)46(39,56)42(55)59-6/h9-11,13,18-21,25,28,38-40,48,56H,7-8,12,14-17,22-24H2,1-6H3/t28-,38+,39?,40-,43-,44-,45+,46+/m1/s1. The van der Waals surface area contributed by atoms with Gasteiger partial charge in [0.15, 0.2) is 6.10 Å². The van der Waals surface area contributed by atoms with Gasteiger partial charge in [-0.1, -0.05) is 53.6 Å². The number of esters is 3. The summed E-state index contributed by atoms with van der Waals surface area (Å²) < 4.78 is 24.7. The topological polar surface area (TPSA) is 151 Å². The van der Waals surface area contributed by atoms with Gasteiger partial charge in [-0.05, 0) is 80.0 Å². The van der Waals surface area contributed by atoms with Crippen LogP contribution < -0.4 is 9.64 Å². The third kappa shape index (κ3) is 5.32. The molecule has 5 aliphatic heterocycles. The third-order valence-electron chi connectivity index (χ3n) is 15.0. The number of carbonyl (C=O) groups excluding carboxylic acids is 4. The van der Waals surface area contributed by atoms with E-state index in [4.69, 9.17) is 18.9 Å². The molecule has 2 bridgehead atoms. The average molecular weight is 886 g/mol. The number of hydrogen-bond donors (Lipinski definition) is 2. The fraction of sp³-hybridized carbons (Fsp3) is 0.522. The molecule has 0 radical (unpaired) electrons. The Labute approximate surface area is 358 Å². The molecular weight excluding hydrogens is 832 g/mol. The number of aromatic amines is 1. The number of aliphatic hydroxyl groups is 1. The van der Waals surface area contributed by atoms with Crippen molar-refractivity contribution in [3.63, 3.8) is 0 Å². The van der Waals surface area contributed by atoms with E-state index in [0.717, 1.165) is 52.7 Å². The molecule has 1 saturated heterocycles. The van der Waals surface area contributed by atoms with Gasteiger partial charge in [0, 0.05) is 82.7 Å². The number of benzene rings is 2. The van der Waals surface area contributed by atoms with Crippen LogP contribution in [0.15, 0.2) is 58.6 Å². The Bertz CT molecular complexity index is 2380. The van der Waals surface area contributed by atoms with E-state index in [1.807, 2.05) is 37.3 Å². The minimum atomic E-state index is -2.51. The summed E-state index contributed by atoms with van der Waals surface area (Å²) in [6.45, 7) is 8.92. The SMILES string of the molecule is CCC1=C[C@H]2CN(CCc3c([nH]c4ccc(Br)cc34)[C@@](C(=O)OC)(c3cc4c(cc3OC)N(C=O)C3[C@]45CCN4CC=C[C@@](CC)([C@@H](OC(C)=O)[C@]3(O)C(=O)OC)[C@H]45)C2)C1. The van der Waals surface area contributed by atoms with Gasteiger partial charge in [-0.2, -0.15) is 0 Å². The summed E-state index contributed by atoms with van der Waals surface area (Å²) in [5, 5.41) is 14.3. The van der Waals surface area contributed by atoms with Gasteiger partial charge in [0.25, 0.3) is 0 Å². The maximum Gasteiger partial charge on any atom is 0.344 e. The van der Waals surface area contributed by atoms with E-state index in [2.05, 4.69) is 49.8 Å². The van der Waals surface area contributed by atoms with Crippen LogP contribution >= 0.6 is 15.9 Å². The number of halogens is 1. The highest BCUT2D eigenvalue weighted by Gasteiger charge is 2.81. The first-order chi connectivity index (χ1) is 28.8. The monoisotopic (exact) mass is 884 g/mol. The number of aromatic nitrogens is 1. The molecule has 1 aliphatic carbocycles. The molecule has 2 N–H and O–H groups in total. The average Bonchev–Trinajstić information content (AvgIpc) is 3.92. The molecule has 2 aromatic carbocycles. The number of rotatable bonds is 8. The van der Waals surface area contributed by atoms with E-state index >= 15 is 4.79 Å². The summed E-state index contributed by atoms with van der Waals surface area (Å²) >= 11 is 3.71. The number of fused-ring (bicyclic) bond motifs is 6. The van der Waals surface area contributed by atoms with Gasteiger partial charge in [0.05, 0.1) is 33.1 Å². The molecule has 9 atom stereocenters. The Hall–Kier alpha value is -4.50. The Morgan fingerprint density at radius 2 is 1.82 bits per heavy atom. The first kappa shape index (κ1) is 40.9. The van der Waals surface area contributed by atoms with Gasteiger partial charge in [-0.25, -0.2) is 4.79 Å². The first-order valence-corrected chi connectivity index (χ1v) is 21.8. The Morgan fingerprint density at radius 1 is 1.03 bits per heavy atom. The normalized spacial score (nSPS) is 33.9. The smallest absolute Gasteiger partial charge is 0.344 e. The first-order valence-electron chi connectivity index (χ1n) is 21.0. The van der Waals surface area contributed by atoms with E-state index in [-0.39, 0.29) is 5.92 Å². The summed E-state index contributed by atoms with van der Waals surface area (Å²) in [4.78, 5) is 66.4. The molecule has 6 heterocycles. The number of H-pyrrole nitrogens is 1. The summed E-state index contributed by atoms with van der Waals surface area (Å²) in [6, 6.07) is 8.17. The van der Waals surface area contributed by atoms with Crippen molar-refractivity contribution >= 4 is 56.8 Å². The van der Waals surface area contributed by atoms with E-state index < -0.39 is 57.9 Å². The second-order valence-electron chi connectivity index (χ2n) is 17.5. The number of hydrogen-bond acceptors (Lipinski definition) is 11. The van der Waals surface area contributed by atoms with Crippen LogP contribution in [0, 0.1) is 11.3 Å². The zero-order chi connectivity index (χ0) is 42.5. The Balaban J connectivity index is 1.39. The third-order valence-corrected chi connectivity index (χ3v) is 15.5. The zero-order valence-electron chi connectivity index (χ0n) is 35.0. The van der Waals surface area contributed by atoms with Crippen LogP contribution in [0.4, 0.5) is 5.69 Å². The minimum absolute atomic E-state index is 0.0472. The zero-order valence-corrected chi connectivity index (χ0v) is 36.6. The van der Waals surface area contributed by atoms with Gasteiger partial charge < -0.3 is 33.9 Å². The summed E-state index contributed by atoms with van der Waals surface area (Å²) in [5.74, 6) is -1.85. The van der Waals surface area contributed by atoms with E-state index in [1.54, 1.807) is 13.2 Å².